The van der Waals surface area contributed by atoms with Gasteiger partial charge in [-0.25, -0.2) is 8.42 Å². The van der Waals surface area contributed by atoms with Crippen LogP contribution in [0.25, 0.3) is 11.5 Å². The average Bonchev–Trinajstić information content (AvgIpc) is 3.33. The van der Waals surface area contributed by atoms with Crippen LogP contribution < -0.4 is 5.32 Å². The van der Waals surface area contributed by atoms with Gasteiger partial charge in [0.1, 0.15) is 4.34 Å². The molecule has 1 amide bonds. The van der Waals surface area contributed by atoms with Gasteiger partial charge in [-0.3, -0.25) is 10.1 Å². The number of hydrogen-bond acceptors (Lipinski definition) is 7. The summed E-state index contributed by atoms with van der Waals surface area (Å²) in [4.78, 5) is 12.6. The molecule has 0 saturated carbocycles. The van der Waals surface area contributed by atoms with Crippen LogP contribution in [0.15, 0.2) is 39.6 Å². The van der Waals surface area contributed by atoms with Crippen molar-refractivity contribution in [3.05, 3.63) is 44.6 Å². The van der Waals surface area contributed by atoms with Crippen LogP contribution in [0.5, 0.6) is 0 Å². The summed E-state index contributed by atoms with van der Waals surface area (Å²) in [7, 11) is -3.59. The Balaban J connectivity index is 1.46. The number of rotatable bonds is 5. The lowest BCUT2D eigenvalue weighted by Gasteiger charge is -2.30. The highest BCUT2D eigenvalue weighted by molar-refractivity contribution is 7.89. The van der Waals surface area contributed by atoms with Gasteiger partial charge in [0.15, 0.2) is 0 Å². The Hall–Kier alpha value is -1.98. The quantitative estimate of drug-likeness (QED) is 0.540. The van der Waals surface area contributed by atoms with E-state index < -0.39 is 15.9 Å². The van der Waals surface area contributed by atoms with E-state index in [1.54, 1.807) is 6.07 Å². The molecule has 0 aliphatic carbocycles. The first-order valence-corrected chi connectivity index (χ1v) is 12.5. The number of sulfonamides is 1. The third kappa shape index (κ3) is 4.78. The van der Waals surface area contributed by atoms with Gasteiger partial charge < -0.3 is 4.42 Å². The van der Waals surface area contributed by atoms with Crippen molar-refractivity contribution in [2.45, 2.75) is 24.7 Å². The molecule has 0 radical (unpaired) electrons. The maximum atomic E-state index is 12.8. The topological polar surface area (TPSA) is 105 Å². The predicted octanol–water partition coefficient (Wildman–Crippen LogP) is 4.78. The normalized spacial score (nSPS) is 17.6. The van der Waals surface area contributed by atoms with Gasteiger partial charge in [-0.05, 0) is 49.1 Å². The maximum Gasteiger partial charge on any atom is 0.322 e. The number of halogens is 2. The number of benzene rings is 1. The first-order valence-electron chi connectivity index (χ1n) is 9.44. The minimum atomic E-state index is -3.59. The molecule has 164 valence electrons. The molecule has 1 aliphatic rings. The molecule has 12 heteroatoms. The van der Waals surface area contributed by atoms with Crippen molar-refractivity contribution in [1.82, 2.24) is 14.5 Å². The Kier molecular flexibility index (Phi) is 6.36. The van der Waals surface area contributed by atoms with Crippen molar-refractivity contribution in [2.24, 2.45) is 5.92 Å². The Morgan fingerprint density at radius 2 is 2.00 bits per heavy atom. The molecule has 1 fully saturated rings. The van der Waals surface area contributed by atoms with Gasteiger partial charge in [0, 0.05) is 18.7 Å². The van der Waals surface area contributed by atoms with Crippen molar-refractivity contribution >= 4 is 56.5 Å². The van der Waals surface area contributed by atoms with E-state index in [9.17, 15) is 13.2 Å². The van der Waals surface area contributed by atoms with Gasteiger partial charge in [0.05, 0.1) is 14.8 Å². The first-order chi connectivity index (χ1) is 14.7. The molecule has 1 unspecified atom stereocenters. The summed E-state index contributed by atoms with van der Waals surface area (Å²) in [6.07, 6.45) is 1.87. The highest BCUT2D eigenvalue weighted by atomic mass is 35.5. The molecule has 0 spiro atoms. The Morgan fingerprint density at radius 1 is 1.26 bits per heavy atom. The van der Waals surface area contributed by atoms with Gasteiger partial charge in [-0.1, -0.05) is 35.2 Å². The smallest absolute Gasteiger partial charge is 0.322 e. The minimum absolute atomic E-state index is 0.114. The standard InChI is InChI=1S/C19H18Cl2N4O4S2/c1-11-3-2-8-25(10-11)31(27,28)13-6-4-12(5-7-13)17(26)22-19-24-23-18(29-19)14-9-15(20)30-16(14)21/h4-7,9,11H,2-3,8,10H2,1H3,(H,22,24,26). The van der Waals surface area contributed by atoms with Gasteiger partial charge in [-0.15, -0.1) is 16.4 Å². The number of carbonyl (C=O) groups is 1. The number of hydrogen-bond donors (Lipinski definition) is 1. The molecule has 1 atom stereocenters. The van der Waals surface area contributed by atoms with Crippen LogP contribution in [-0.4, -0.2) is 41.9 Å². The van der Waals surface area contributed by atoms with Crippen LogP contribution in [0.3, 0.4) is 0 Å². The highest BCUT2D eigenvalue weighted by Crippen LogP contribution is 2.37. The van der Waals surface area contributed by atoms with Gasteiger partial charge in [0.2, 0.25) is 10.0 Å². The lowest BCUT2D eigenvalue weighted by Crippen LogP contribution is -2.39. The molecule has 2 aromatic heterocycles. The molecule has 3 heterocycles. The summed E-state index contributed by atoms with van der Waals surface area (Å²) in [5.41, 5.74) is 0.730. The molecular formula is C19H18Cl2N4O4S2. The summed E-state index contributed by atoms with van der Waals surface area (Å²) >= 11 is 13.2. The molecule has 31 heavy (non-hydrogen) atoms. The molecule has 1 aliphatic heterocycles. The number of nitrogens with one attached hydrogen (secondary N) is 1. The zero-order valence-corrected chi connectivity index (χ0v) is 19.5. The second-order valence-electron chi connectivity index (χ2n) is 7.24. The third-order valence-corrected chi connectivity index (χ3v) is 8.27. The fraction of sp³-hybridized carbons (Fsp3) is 0.316. The number of thiophene rings is 1. The van der Waals surface area contributed by atoms with E-state index in [4.69, 9.17) is 27.6 Å². The fourth-order valence-electron chi connectivity index (χ4n) is 3.33. The van der Waals surface area contributed by atoms with Crippen molar-refractivity contribution in [3.8, 4) is 11.5 Å². The number of anilines is 1. The predicted molar refractivity (Wildman–Crippen MR) is 119 cm³/mol. The van der Waals surface area contributed by atoms with Crippen LogP contribution in [-0.2, 0) is 10.0 Å². The van der Waals surface area contributed by atoms with Crippen LogP contribution in [0.1, 0.15) is 30.1 Å². The zero-order chi connectivity index (χ0) is 22.2. The van der Waals surface area contributed by atoms with Gasteiger partial charge in [0.25, 0.3) is 11.8 Å². The molecular weight excluding hydrogens is 483 g/mol. The summed E-state index contributed by atoms with van der Waals surface area (Å²) in [6, 6.07) is 7.23. The Labute approximate surface area is 193 Å². The first kappa shape index (κ1) is 22.2. The second kappa shape index (κ2) is 8.87. The SMILES string of the molecule is CC1CCCN(S(=O)(=O)c2ccc(C(=O)Nc3nnc(-c4cc(Cl)sc4Cl)o3)cc2)C1. The molecule has 3 aromatic rings. The zero-order valence-electron chi connectivity index (χ0n) is 16.3. The van der Waals surface area contributed by atoms with Gasteiger partial charge in [-0.2, -0.15) is 4.31 Å². The molecule has 4 rings (SSSR count). The van der Waals surface area contributed by atoms with Crippen molar-refractivity contribution in [3.63, 3.8) is 0 Å². The summed E-state index contributed by atoms with van der Waals surface area (Å²) < 4.78 is 33.5. The monoisotopic (exact) mass is 500 g/mol. The van der Waals surface area contributed by atoms with Crippen LogP contribution in [0.4, 0.5) is 6.01 Å². The van der Waals surface area contributed by atoms with E-state index in [1.807, 2.05) is 6.92 Å². The second-order valence-corrected chi connectivity index (χ2v) is 11.5. The fourth-order valence-corrected chi connectivity index (χ4v) is 6.38. The number of carbonyl (C=O) groups excluding carboxylic acids is 1. The minimum Gasteiger partial charge on any atom is -0.403 e. The van der Waals surface area contributed by atoms with E-state index in [1.165, 1.54) is 28.6 Å². The van der Waals surface area contributed by atoms with E-state index in [2.05, 4.69) is 15.5 Å². The molecule has 8 nitrogen and oxygen atoms in total. The summed E-state index contributed by atoms with van der Waals surface area (Å²) in [5.74, 6) is -0.0614. The average molecular weight is 501 g/mol. The highest BCUT2D eigenvalue weighted by Gasteiger charge is 2.28. The summed E-state index contributed by atoms with van der Waals surface area (Å²) in [5, 5.41) is 10.1. The molecule has 1 aromatic carbocycles. The lowest BCUT2D eigenvalue weighted by molar-refractivity contribution is 0.102. The van der Waals surface area contributed by atoms with Crippen LogP contribution in [0, 0.1) is 5.92 Å². The van der Waals surface area contributed by atoms with Crippen LogP contribution in [0.2, 0.25) is 8.67 Å². The van der Waals surface area contributed by atoms with E-state index in [0.29, 0.717) is 33.2 Å². The number of aromatic nitrogens is 2. The Bertz CT molecular complexity index is 1210. The number of amides is 1. The van der Waals surface area contributed by atoms with Crippen molar-refractivity contribution in [2.75, 3.05) is 18.4 Å². The van der Waals surface area contributed by atoms with E-state index >= 15 is 0 Å². The van der Waals surface area contributed by atoms with E-state index in [0.717, 1.165) is 24.2 Å². The molecule has 0 bridgehead atoms. The van der Waals surface area contributed by atoms with Crippen molar-refractivity contribution < 1.29 is 17.6 Å². The number of piperidine rings is 1. The third-order valence-electron chi connectivity index (χ3n) is 4.91. The lowest BCUT2D eigenvalue weighted by atomic mass is 10.0. The number of nitrogens with zero attached hydrogens (tertiary/aromatic N) is 3. The Morgan fingerprint density at radius 3 is 2.65 bits per heavy atom. The molecule has 1 N–H and O–H groups in total. The van der Waals surface area contributed by atoms with Crippen molar-refractivity contribution in [1.29, 1.82) is 0 Å². The van der Waals surface area contributed by atoms with Crippen LogP contribution >= 0.6 is 34.5 Å². The van der Waals surface area contributed by atoms with E-state index in [-0.39, 0.29) is 22.4 Å². The largest absolute Gasteiger partial charge is 0.403 e. The maximum absolute atomic E-state index is 12.8. The van der Waals surface area contributed by atoms with Gasteiger partial charge >= 0.3 is 6.01 Å². The summed E-state index contributed by atoms with van der Waals surface area (Å²) in [6.45, 7) is 3.05. The molecule has 1 saturated heterocycles.